The quantitative estimate of drug-likeness (QED) is 0.864. The first kappa shape index (κ1) is 14.6. The normalized spacial score (nSPS) is 23.2. The SMILES string of the molecule is CCOC1CC(CC(NC)c2cc3cc(C)ccc3o2)C1. The van der Waals surface area contributed by atoms with E-state index in [0.717, 1.165) is 30.3 Å². The summed E-state index contributed by atoms with van der Waals surface area (Å²) >= 11 is 0. The van der Waals surface area contributed by atoms with Crippen LogP contribution in [0.15, 0.2) is 28.7 Å². The van der Waals surface area contributed by atoms with Gasteiger partial charge in [0.05, 0.1) is 12.1 Å². The summed E-state index contributed by atoms with van der Waals surface area (Å²) in [6.45, 7) is 5.01. The van der Waals surface area contributed by atoms with Gasteiger partial charge in [-0.3, -0.25) is 0 Å². The molecule has 21 heavy (non-hydrogen) atoms. The molecule has 3 rings (SSSR count). The van der Waals surface area contributed by atoms with Crippen molar-refractivity contribution in [2.75, 3.05) is 13.7 Å². The highest BCUT2D eigenvalue weighted by atomic mass is 16.5. The molecule has 2 aromatic rings. The van der Waals surface area contributed by atoms with Crippen LogP contribution < -0.4 is 5.32 Å². The van der Waals surface area contributed by atoms with E-state index < -0.39 is 0 Å². The Labute approximate surface area is 126 Å². The van der Waals surface area contributed by atoms with Gasteiger partial charge in [-0.05, 0) is 64.3 Å². The van der Waals surface area contributed by atoms with Gasteiger partial charge in [0.1, 0.15) is 11.3 Å². The van der Waals surface area contributed by atoms with Crippen molar-refractivity contribution >= 4 is 11.0 Å². The molecule has 1 aromatic carbocycles. The maximum Gasteiger partial charge on any atom is 0.134 e. The van der Waals surface area contributed by atoms with E-state index in [2.05, 4.69) is 43.4 Å². The molecule has 1 unspecified atom stereocenters. The molecular formula is C18H25NO2. The largest absolute Gasteiger partial charge is 0.459 e. The zero-order valence-corrected chi connectivity index (χ0v) is 13.2. The molecule has 0 aliphatic heterocycles. The van der Waals surface area contributed by atoms with E-state index in [0.29, 0.717) is 12.1 Å². The number of nitrogens with one attached hydrogen (secondary N) is 1. The summed E-state index contributed by atoms with van der Waals surface area (Å²) < 4.78 is 11.7. The molecule has 1 fully saturated rings. The van der Waals surface area contributed by atoms with E-state index >= 15 is 0 Å². The van der Waals surface area contributed by atoms with Crippen molar-refractivity contribution in [1.29, 1.82) is 0 Å². The lowest BCUT2D eigenvalue weighted by molar-refractivity contribution is -0.0294. The molecule has 114 valence electrons. The molecule has 1 aliphatic rings. The molecule has 3 nitrogen and oxygen atoms in total. The zero-order valence-electron chi connectivity index (χ0n) is 13.2. The molecule has 1 aliphatic carbocycles. The molecule has 1 atom stereocenters. The molecule has 1 heterocycles. The van der Waals surface area contributed by atoms with E-state index in [1.807, 2.05) is 7.05 Å². The van der Waals surface area contributed by atoms with Gasteiger partial charge in [-0.15, -0.1) is 0 Å². The van der Waals surface area contributed by atoms with E-state index in [1.165, 1.54) is 23.8 Å². The van der Waals surface area contributed by atoms with E-state index in [9.17, 15) is 0 Å². The number of rotatable bonds is 6. The highest BCUT2D eigenvalue weighted by Gasteiger charge is 2.32. The predicted molar refractivity (Wildman–Crippen MR) is 85.5 cm³/mol. The highest BCUT2D eigenvalue weighted by molar-refractivity contribution is 5.78. The maximum atomic E-state index is 6.03. The van der Waals surface area contributed by atoms with Crippen molar-refractivity contribution in [2.45, 2.75) is 45.3 Å². The summed E-state index contributed by atoms with van der Waals surface area (Å²) in [5.41, 5.74) is 2.26. The number of hydrogen-bond acceptors (Lipinski definition) is 3. The van der Waals surface area contributed by atoms with Gasteiger partial charge < -0.3 is 14.5 Å². The lowest BCUT2D eigenvalue weighted by Crippen LogP contribution is -2.34. The van der Waals surface area contributed by atoms with Gasteiger partial charge in [-0.1, -0.05) is 11.6 Å². The summed E-state index contributed by atoms with van der Waals surface area (Å²) in [7, 11) is 2.02. The molecule has 0 radical (unpaired) electrons. The van der Waals surface area contributed by atoms with Crippen molar-refractivity contribution in [3.8, 4) is 0 Å². The zero-order chi connectivity index (χ0) is 14.8. The van der Waals surface area contributed by atoms with Gasteiger partial charge in [-0.25, -0.2) is 0 Å². The van der Waals surface area contributed by atoms with Crippen LogP contribution in [0.5, 0.6) is 0 Å². The monoisotopic (exact) mass is 287 g/mol. The second-order valence-corrected chi connectivity index (χ2v) is 6.18. The minimum Gasteiger partial charge on any atom is -0.459 e. The van der Waals surface area contributed by atoms with Gasteiger partial charge >= 0.3 is 0 Å². The molecular weight excluding hydrogens is 262 g/mol. The van der Waals surface area contributed by atoms with Crippen LogP contribution in [-0.2, 0) is 4.74 Å². The van der Waals surface area contributed by atoms with Crippen molar-refractivity contribution in [2.24, 2.45) is 5.92 Å². The van der Waals surface area contributed by atoms with Crippen molar-refractivity contribution in [3.63, 3.8) is 0 Å². The van der Waals surface area contributed by atoms with Crippen LogP contribution in [0, 0.1) is 12.8 Å². The number of aryl methyl sites for hydroxylation is 1. The van der Waals surface area contributed by atoms with Crippen LogP contribution in [0.25, 0.3) is 11.0 Å². The Bertz CT molecular complexity index is 598. The molecule has 1 aromatic heterocycles. The van der Waals surface area contributed by atoms with Gasteiger partial charge in [0.15, 0.2) is 0 Å². The van der Waals surface area contributed by atoms with E-state index in [1.54, 1.807) is 0 Å². The van der Waals surface area contributed by atoms with Crippen molar-refractivity contribution in [1.82, 2.24) is 5.32 Å². The fraction of sp³-hybridized carbons (Fsp3) is 0.556. The van der Waals surface area contributed by atoms with Crippen molar-refractivity contribution in [3.05, 3.63) is 35.6 Å². The molecule has 3 heteroatoms. The van der Waals surface area contributed by atoms with Crippen LogP contribution in [0.1, 0.15) is 43.6 Å². The Morgan fingerprint density at radius 2 is 2.14 bits per heavy atom. The van der Waals surface area contributed by atoms with E-state index in [-0.39, 0.29) is 0 Å². The first-order valence-corrected chi connectivity index (χ1v) is 7.98. The second kappa shape index (κ2) is 6.20. The summed E-state index contributed by atoms with van der Waals surface area (Å²) in [6.07, 6.45) is 3.98. The summed E-state index contributed by atoms with van der Waals surface area (Å²) in [6, 6.07) is 8.83. The Hall–Kier alpha value is -1.32. The number of benzene rings is 1. The average Bonchev–Trinajstić information content (AvgIpc) is 2.83. The maximum absolute atomic E-state index is 6.03. The van der Waals surface area contributed by atoms with Gasteiger partial charge in [0.25, 0.3) is 0 Å². The summed E-state index contributed by atoms with van der Waals surface area (Å²) in [4.78, 5) is 0. The van der Waals surface area contributed by atoms with Gasteiger partial charge in [0, 0.05) is 12.0 Å². The molecule has 1 N–H and O–H groups in total. The van der Waals surface area contributed by atoms with E-state index in [4.69, 9.17) is 9.15 Å². The van der Waals surface area contributed by atoms with Gasteiger partial charge in [0.2, 0.25) is 0 Å². The standard InChI is InChI=1S/C18H25NO2/c1-4-20-15-8-13(9-15)10-16(19-3)18-11-14-7-12(2)5-6-17(14)21-18/h5-7,11,13,15-16,19H,4,8-10H2,1-3H3. The number of furan rings is 1. The van der Waals surface area contributed by atoms with Gasteiger partial charge in [-0.2, -0.15) is 0 Å². The van der Waals surface area contributed by atoms with Crippen LogP contribution >= 0.6 is 0 Å². The summed E-state index contributed by atoms with van der Waals surface area (Å²) in [5.74, 6) is 1.80. The Morgan fingerprint density at radius 1 is 1.33 bits per heavy atom. The molecule has 0 spiro atoms. The topological polar surface area (TPSA) is 34.4 Å². The summed E-state index contributed by atoms with van der Waals surface area (Å²) in [5, 5.41) is 4.61. The van der Waals surface area contributed by atoms with Crippen LogP contribution in [0.2, 0.25) is 0 Å². The smallest absolute Gasteiger partial charge is 0.134 e. The Morgan fingerprint density at radius 3 is 2.86 bits per heavy atom. The highest BCUT2D eigenvalue weighted by Crippen LogP contribution is 2.38. The third-order valence-corrected chi connectivity index (χ3v) is 4.55. The first-order chi connectivity index (χ1) is 10.2. The number of hydrogen-bond donors (Lipinski definition) is 1. The van der Waals surface area contributed by atoms with Crippen molar-refractivity contribution < 1.29 is 9.15 Å². The second-order valence-electron chi connectivity index (χ2n) is 6.18. The lowest BCUT2D eigenvalue weighted by Gasteiger charge is -2.36. The van der Waals surface area contributed by atoms with Crippen LogP contribution in [0.3, 0.4) is 0 Å². The Balaban J connectivity index is 1.67. The number of ether oxygens (including phenoxy) is 1. The molecule has 0 amide bonds. The third-order valence-electron chi connectivity index (χ3n) is 4.55. The third kappa shape index (κ3) is 3.14. The fourth-order valence-electron chi connectivity index (χ4n) is 3.30. The molecule has 1 saturated carbocycles. The predicted octanol–water partition coefficient (Wildman–Crippen LogP) is 4.21. The minimum absolute atomic E-state index is 0.297. The average molecular weight is 287 g/mol. The number of fused-ring (bicyclic) bond motifs is 1. The first-order valence-electron chi connectivity index (χ1n) is 7.98. The molecule has 0 saturated heterocycles. The fourth-order valence-corrected chi connectivity index (χ4v) is 3.30. The minimum atomic E-state index is 0.297. The van der Waals surface area contributed by atoms with Crippen LogP contribution in [0.4, 0.5) is 0 Å². The Kier molecular flexibility index (Phi) is 4.32. The molecule has 0 bridgehead atoms. The van der Waals surface area contributed by atoms with Crippen LogP contribution in [-0.4, -0.2) is 19.8 Å². The lowest BCUT2D eigenvalue weighted by atomic mass is 9.78.